The molecule has 5 heteroatoms. The van der Waals surface area contributed by atoms with Crippen LogP contribution >= 0.6 is 11.6 Å². The number of aryl methyl sites for hydroxylation is 1. The average Bonchev–Trinajstić information content (AvgIpc) is 2.44. The van der Waals surface area contributed by atoms with Gasteiger partial charge in [0.15, 0.2) is 0 Å². The zero-order chi connectivity index (χ0) is 14.5. The Morgan fingerprint density at radius 1 is 1.15 bits per heavy atom. The number of benzene rings is 1. The second-order valence-corrected chi connectivity index (χ2v) is 5.63. The van der Waals surface area contributed by atoms with Crippen LogP contribution in [0.2, 0.25) is 5.02 Å². The van der Waals surface area contributed by atoms with Crippen LogP contribution < -0.4 is 10.6 Å². The molecule has 2 N–H and O–H groups in total. The molecule has 0 atom stereocenters. The smallest absolute Gasteiger partial charge is 0.313 e. The zero-order valence-corrected chi connectivity index (χ0v) is 12.3. The Morgan fingerprint density at radius 2 is 1.85 bits per heavy atom. The predicted octanol–water partition coefficient (Wildman–Crippen LogP) is 3.04. The highest BCUT2D eigenvalue weighted by Crippen LogP contribution is 2.20. The van der Waals surface area contributed by atoms with Gasteiger partial charge >= 0.3 is 11.8 Å². The topological polar surface area (TPSA) is 58.2 Å². The Morgan fingerprint density at radius 3 is 2.50 bits per heavy atom. The van der Waals surface area contributed by atoms with Crippen LogP contribution in [0.15, 0.2) is 18.2 Å². The highest BCUT2D eigenvalue weighted by Gasteiger charge is 2.20. The van der Waals surface area contributed by atoms with Gasteiger partial charge in [0.1, 0.15) is 0 Å². The Bertz CT molecular complexity index is 511. The third-order valence-corrected chi connectivity index (χ3v) is 3.98. The first-order valence-electron chi connectivity index (χ1n) is 6.94. The molecule has 0 saturated heterocycles. The largest absolute Gasteiger partial charge is 0.345 e. The van der Waals surface area contributed by atoms with Crippen LogP contribution in [-0.2, 0) is 9.59 Å². The van der Waals surface area contributed by atoms with Crippen molar-refractivity contribution in [1.29, 1.82) is 0 Å². The van der Waals surface area contributed by atoms with Gasteiger partial charge in [-0.2, -0.15) is 0 Å². The van der Waals surface area contributed by atoms with Gasteiger partial charge in [-0.15, -0.1) is 0 Å². The number of anilines is 1. The number of nitrogens with one attached hydrogen (secondary N) is 2. The van der Waals surface area contributed by atoms with E-state index in [2.05, 4.69) is 10.6 Å². The van der Waals surface area contributed by atoms with Gasteiger partial charge in [-0.1, -0.05) is 36.9 Å². The number of hydrogen-bond donors (Lipinski definition) is 2. The Balaban J connectivity index is 1.89. The van der Waals surface area contributed by atoms with Gasteiger partial charge in [-0.05, 0) is 37.5 Å². The maximum atomic E-state index is 11.8. The molecule has 108 valence electrons. The van der Waals surface area contributed by atoms with E-state index >= 15 is 0 Å². The molecule has 2 amide bonds. The molecule has 1 fully saturated rings. The lowest BCUT2D eigenvalue weighted by Gasteiger charge is -2.22. The molecule has 0 radical (unpaired) electrons. The van der Waals surface area contributed by atoms with E-state index in [-0.39, 0.29) is 6.04 Å². The number of halogens is 1. The molecular formula is C15H19ClN2O2. The van der Waals surface area contributed by atoms with Gasteiger partial charge in [0, 0.05) is 16.8 Å². The van der Waals surface area contributed by atoms with Crippen LogP contribution in [0.25, 0.3) is 0 Å². The minimum absolute atomic E-state index is 0.128. The standard InChI is InChI=1S/C15H19ClN2O2/c1-10-7-8-12(9-13(10)16)18-15(20)14(19)17-11-5-3-2-4-6-11/h7-9,11H,2-6H2,1H3,(H,17,19)(H,18,20). The summed E-state index contributed by atoms with van der Waals surface area (Å²) in [5, 5.41) is 5.91. The van der Waals surface area contributed by atoms with Gasteiger partial charge in [0.25, 0.3) is 0 Å². The van der Waals surface area contributed by atoms with E-state index in [9.17, 15) is 9.59 Å². The van der Waals surface area contributed by atoms with Crippen LogP contribution in [0, 0.1) is 6.92 Å². The molecule has 4 nitrogen and oxygen atoms in total. The number of rotatable bonds is 2. The first-order chi connectivity index (χ1) is 9.56. The first kappa shape index (κ1) is 14.9. The summed E-state index contributed by atoms with van der Waals surface area (Å²) in [5.41, 5.74) is 1.46. The molecule has 1 aromatic carbocycles. The lowest BCUT2D eigenvalue weighted by molar-refractivity contribution is -0.136. The summed E-state index contributed by atoms with van der Waals surface area (Å²) in [6.07, 6.45) is 5.34. The van der Waals surface area contributed by atoms with Crippen LogP contribution in [0.1, 0.15) is 37.7 Å². The Kier molecular flexibility index (Phi) is 5.01. The highest BCUT2D eigenvalue weighted by atomic mass is 35.5. The third kappa shape index (κ3) is 3.97. The second-order valence-electron chi connectivity index (χ2n) is 5.23. The van der Waals surface area contributed by atoms with Crippen molar-refractivity contribution in [2.24, 2.45) is 0 Å². The molecule has 0 bridgehead atoms. The summed E-state index contributed by atoms with van der Waals surface area (Å²) in [6, 6.07) is 5.30. The molecule has 0 heterocycles. The van der Waals surface area contributed by atoms with Crippen molar-refractivity contribution < 1.29 is 9.59 Å². The predicted molar refractivity (Wildman–Crippen MR) is 79.8 cm³/mol. The monoisotopic (exact) mass is 294 g/mol. The van der Waals surface area contributed by atoms with Crippen molar-refractivity contribution in [1.82, 2.24) is 5.32 Å². The molecule has 0 aromatic heterocycles. The summed E-state index contributed by atoms with van der Waals surface area (Å²) in [6.45, 7) is 1.88. The van der Waals surface area contributed by atoms with Crippen molar-refractivity contribution >= 4 is 29.1 Å². The lowest BCUT2D eigenvalue weighted by Crippen LogP contribution is -2.42. The van der Waals surface area contributed by atoms with Crippen LogP contribution in [0.5, 0.6) is 0 Å². The number of hydrogen-bond acceptors (Lipinski definition) is 2. The first-order valence-corrected chi connectivity index (χ1v) is 7.32. The van der Waals surface area contributed by atoms with Crippen LogP contribution in [-0.4, -0.2) is 17.9 Å². The molecule has 2 rings (SSSR count). The molecular weight excluding hydrogens is 276 g/mol. The van der Waals surface area contributed by atoms with E-state index in [1.165, 1.54) is 6.42 Å². The fourth-order valence-electron chi connectivity index (χ4n) is 2.36. The normalized spacial score (nSPS) is 15.7. The number of carbonyl (C=O) groups excluding carboxylic acids is 2. The minimum Gasteiger partial charge on any atom is -0.345 e. The SMILES string of the molecule is Cc1ccc(NC(=O)C(=O)NC2CCCCC2)cc1Cl. The fourth-order valence-corrected chi connectivity index (χ4v) is 2.54. The van der Waals surface area contributed by atoms with E-state index in [0.717, 1.165) is 31.2 Å². The zero-order valence-electron chi connectivity index (χ0n) is 11.5. The average molecular weight is 295 g/mol. The number of carbonyl (C=O) groups is 2. The Labute approximate surface area is 123 Å². The van der Waals surface area contributed by atoms with Gasteiger partial charge in [-0.3, -0.25) is 9.59 Å². The third-order valence-electron chi connectivity index (χ3n) is 3.58. The maximum Gasteiger partial charge on any atom is 0.313 e. The van der Waals surface area contributed by atoms with Crippen molar-refractivity contribution in [3.63, 3.8) is 0 Å². The van der Waals surface area contributed by atoms with E-state index in [0.29, 0.717) is 10.7 Å². The minimum atomic E-state index is -0.643. The lowest BCUT2D eigenvalue weighted by atomic mass is 9.95. The summed E-state index contributed by atoms with van der Waals surface area (Å²) in [4.78, 5) is 23.6. The summed E-state index contributed by atoms with van der Waals surface area (Å²) >= 11 is 5.98. The van der Waals surface area contributed by atoms with Crippen LogP contribution in [0.3, 0.4) is 0 Å². The van der Waals surface area contributed by atoms with Crippen molar-refractivity contribution in [3.8, 4) is 0 Å². The number of amides is 2. The molecule has 20 heavy (non-hydrogen) atoms. The van der Waals surface area contributed by atoms with E-state index in [1.807, 2.05) is 6.92 Å². The molecule has 0 unspecified atom stereocenters. The second kappa shape index (κ2) is 6.75. The fraction of sp³-hybridized carbons (Fsp3) is 0.467. The van der Waals surface area contributed by atoms with Gasteiger partial charge in [0.05, 0.1) is 0 Å². The van der Waals surface area contributed by atoms with Crippen molar-refractivity contribution in [2.45, 2.75) is 45.1 Å². The summed E-state index contributed by atoms with van der Waals surface area (Å²) < 4.78 is 0. The van der Waals surface area contributed by atoms with Crippen molar-refractivity contribution in [2.75, 3.05) is 5.32 Å². The molecule has 1 aliphatic carbocycles. The van der Waals surface area contributed by atoms with Crippen molar-refractivity contribution in [3.05, 3.63) is 28.8 Å². The van der Waals surface area contributed by atoms with E-state index < -0.39 is 11.8 Å². The summed E-state index contributed by atoms with van der Waals surface area (Å²) in [7, 11) is 0. The Hall–Kier alpha value is -1.55. The van der Waals surface area contributed by atoms with Gasteiger partial charge in [0.2, 0.25) is 0 Å². The van der Waals surface area contributed by atoms with E-state index in [4.69, 9.17) is 11.6 Å². The molecule has 1 aliphatic rings. The molecule has 1 saturated carbocycles. The van der Waals surface area contributed by atoms with E-state index in [1.54, 1.807) is 18.2 Å². The summed E-state index contributed by atoms with van der Waals surface area (Å²) in [5.74, 6) is -1.22. The van der Waals surface area contributed by atoms with Crippen LogP contribution in [0.4, 0.5) is 5.69 Å². The molecule has 1 aromatic rings. The molecule has 0 spiro atoms. The highest BCUT2D eigenvalue weighted by molar-refractivity contribution is 6.40. The maximum absolute atomic E-state index is 11.8. The van der Waals surface area contributed by atoms with Gasteiger partial charge in [-0.25, -0.2) is 0 Å². The molecule has 0 aliphatic heterocycles. The quantitative estimate of drug-likeness (QED) is 0.824. The van der Waals surface area contributed by atoms with Gasteiger partial charge < -0.3 is 10.6 Å².